The summed E-state index contributed by atoms with van der Waals surface area (Å²) in [6, 6.07) is 32.2. The first-order valence-corrected chi connectivity index (χ1v) is 11.7. The Bertz CT molecular complexity index is 1410. The molecule has 4 aromatic rings. The summed E-state index contributed by atoms with van der Waals surface area (Å²) in [6.45, 7) is 0.662. The quantitative estimate of drug-likeness (QED) is 0.243. The molecule has 36 heavy (non-hydrogen) atoms. The van der Waals surface area contributed by atoms with E-state index in [1.54, 1.807) is 13.2 Å². The molecule has 5 heteroatoms. The van der Waals surface area contributed by atoms with Crippen LogP contribution in [0.15, 0.2) is 103 Å². The fraction of sp³-hybridized carbons (Fsp3) is 0.0968. The molecular formula is C31H25NO4. The first-order chi connectivity index (χ1) is 17.6. The van der Waals surface area contributed by atoms with Crippen LogP contribution in [0.1, 0.15) is 32.6 Å². The van der Waals surface area contributed by atoms with Crippen LogP contribution in [0.4, 0.5) is 0 Å². The smallest absolute Gasteiger partial charge is 0.261 e. The maximum absolute atomic E-state index is 13.5. The summed E-state index contributed by atoms with van der Waals surface area (Å²) in [5, 5.41) is 0. The van der Waals surface area contributed by atoms with E-state index in [1.165, 1.54) is 4.90 Å². The van der Waals surface area contributed by atoms with Gasteiger partial charge in [-0.3, -0.25) is 14.5 Å². The Labute approximate surface area is 210 Å². The van der Waals surface area contributed by atoms with Crippen molar-refractivity contribution >= 4 is 23.5 Å². The van der Waals surface area contributed by atoms with E-state index in [4.69, 9.17) is 9.47 Å². The van der Waals surface area contributed by atoms with E-state index in [0.29, 0.717) is 23.3 Å². The van der Waals surface area contributed by atoms with Crippen molar-refractivity contribution in [2.75, 3.05) is 7.11 Å². The molecule has 0 aliphatic carbocycles. The van der Waals surface area contributed by atoms with E-state index in [1.807, 2.05) is 103 Å². The van der Waals surface area contributed by atoms with Gasteiger partial charge in [-0.1, -0.05) is 72.8 Å². The highest BCUT2D eigenvalue weighted by atomic mass is 16.5. The van der Waals surface area contributed by atoms with Gasteiger partial charge in [0.25, 0.3) is 11.8 Å². The molecule has 0 saturated carbocycles. The minimum absolute atomic E-state index is 0.180. The second-order valence-electron chi connectivity index (χ2n) is 8.49. The fourth-order valence-electron chi connectivity index (χ4n) is 4.17. The van der Waals surface area contributed by atoms with Gasteiger partial charge in [-0.25, -0.2) is 0 Å². The maximum Gasteiger partial charge on any atom is 0.261 e. The van der Waals surface area contributed by atoms with E-state index in [0.717, 1.165) is 28.2 Å². The highest BCUT2D eigenvalue weighted by Gasteiger charge is 2.34. The molecular weight excluding hydrogens is 450 g/mol. The molecule has 0 aromatic heterocycles. The molecule has 0 N–H and O–H groups in total. The highest BCUT2D eigenvalue weighted by molar-refractivity contribution is 6.33. The molecule has 0 unspecified atom stereocenters. The molecule has 0 spiro atoms. The third-order valence-electron chi connectivity index (χ3n) is 6.11. The molecule has 1 aliphatic rings. The van der Waals surface area contributed by atoms with Crippen molar-refractivity contribution in [3.05, 3.63) is 131 Å². The molecule has 5 rings (SSSR count). The molecule has 1 aliphatic heterocycles. The average Bonchev–Trinajstić information content (AvgIpc) is 2.94. The van der Waals surface area contributed by atoms with Crippen molar-refractivity contribution < 1.29 is 19.1 Å². The molecule has 0 bridgehead atoms. The Kier molecular flexibility index (Phi) is 6.63. The Hall–Kier alpha value is -4.64. The van der Waals surface area contributed by atoms with Gasteiger partial charge >= 0.3 is 0 Å². The molecule has 4 aromatic carbocycles. The zero-order valence-corrected chi connectivity index (χ0v) is 19.9. The van der Waals surface area contributed by atoms with Gasteiger partial charge in [-0.15, -0.1) is 0 Å². The van der Waals surface area contributed by atoms with Crippen LogP contribution in [-0.2, 0) is 17.9 Å². The number of imide groups is 1. The Morgan fingerprint density at radius 3 is 2.00 bits per heavy atom. The number of rotatable bonds is 7. The lowest BCUT2D eigenvalue weighted by Gasteiger charge is -2.29. The van der Waals surface area contributed by atoms with E-state index in [-0.39, 0.29) is 18.4 Å². The van der Waals surface area contributed by atoms with Crippen LogP contribution in [0, 0.1) is 0 Å². The Morgan fingerprint density at radius 2 is 1.31 bits per heavy atom. The second kappa shape index (κ2) is 10.3. The van der Waals surface area contributed by atoms with Gasteiger partial charge in [0.1, 0.15) is 18.1 Å². The zero-order valence-electron chi connectivity index (χ0n) is 19.9. The normalized spacial score (nSPS) is 14.0. The summed E-state index contributed by atoms with van der Waals surface area (Å²) in [6.07, 6.45) is 1.83. The highest BCUT2D eigenvalue weighted by Crippen LogP contribution is 2.32. The SMILES string of the molecule is COc1ccc(CN2C(=O)/C(=C/c3ccc(OCc4ccccc4)cc3)c3ccccc3C2=O)cc1. The summed E-state index contributed by atoms with van der Waals surface area (Å²) in [7, 11) is 1.60. The Balaban J connectivity index is 1.40. The van der Waals surface area contributed by atoms with Gasteiger partial charge in [-0.05, 0) is 58.7 Å². The number of fused-ring (bicyclic) bond motifs is 1. The van der Waals surface area contributed by atoms with Gasteiger partial charge in [0, 0.05) is 11.1 Å². The van der Waals surface area contributed by atoms with Crippen molar-refractivity contribution in [3.63, 3.8) is 0 Å². The zero-order chi connectivity index (χ0) is 24.9. The minimum atomic E-state index is -0.320. The number of benzene rings is 4. The van der Waals surface area contributed by atoms with Gasteiger partial charge in [0.2, 0.25) is 0 Å². The summed E-state index contributed by atoms with van der Waals surface area (Å²) in [5.74, 6) is 0.844. The van der Waals surface area contributed by atoms with Crippen molar-refractivity contribution in [2.24, 2.45) is 0 Å². The van der Waals surface area contributed by atoms with Crippen LogP contribution in [0.3, 0.4) is 0 Å². The number of nitrogens with zero attached hydrogens (tertiary/aromatic N) is 1. The molecule has 0 atom stereocenters. The lowest BCUT2D eigenvalue weighted by atomic mass is 9.91. The largest absolute Gasteiger partial charge is 0.497 e. The van der Waals surface area contributed by atoms with Crippen molar-refractivity contribution in [2.45, 2.75) is 13.2 Å². The van der Waals surface area contributed by atoms with Gasteiger partial charge < -0.3 is 9.47 Å². The van der Waals surface area contributed by atoms with Crippen molar-refractivity contribution in [3.8, 4) is 11.5 Å². The number of ether oxygens (including phenoxy) is 2. The number of carbonyl (C=O) groups excluding carboxylic acids is 2. The number of carbonyl (C=O) groups is 2. The number of amides is 2. The first kappa shape index (κ1) is 23.1. The number of hydrogen-bond acceptors (Lipinski definition) is 4. The monoisotopic (exact) mass is 475 g/mol. The van der Waals surface area contributed by atoms with E-state index < -0.39 is 0 Å². The van der Waals surface area contributed by atoms with Gasteiger partial charge in [-0.2, -0.15) is 0 Å². The van der Waals surface area contributed by atoms with Gasteiger partial charge in [0.05, 0.1) is 13.7 Å². The molecule has 0 radical (unpaired) electrons. The Morgan fingerprint density at radius 1 is 0.667 bits per heavy atom. The van der Waals surface area contributed by atoms with Crippen molar-refractivity contribution in [1.82, 2.24) is 4.90 Å². The van der Waals surface area contributed by atoms with Crippen molar-refractivity contribution in [1.29, 1.82) is 0 Å². The summed E-state index contributed by atoms with van der Waals surface area (Å²) < 4.78 is 11.1. The molecule has 0 saturated heterocycles. The fourth-order valence-corrected chi connectivity index (χ4v) is 4.17. The number of methoxy groups -OCH3 is 1. The lowest BCUT2D eigenvalue weighted by Crippen LogP contribution is -2.41. The van der Waals surface area contributed by atoms with Crippen LogP contribution in [-0.4, -0.2) is 23.8 Å². The number of hydrogen-bond donors (Lipinski definition) is 0. The summed E-state index contributed by atoms with van der Waals surface area (Å²) in [5.41, 5.74) is 4.42. The first-order valence-electron chi connectivity index (χ1n) is 11.7. The predicted octanol–water partition coefficient (Wildman–Crippen LogP) is 6.00. The van der Waals surface area contributed by atoms with E-state index in [2.05, 4.69) is 0 Å². The van der Waals surface area contributed by atoms with Gasteiger partial charge in [0.15, 0.2) is 0 Å². The van der Waals surface area contributed by atoms with E-state index >= 15 is 0 Å². The van der Waals surface area contributed by atoms with Crippen LogP contribution < -0.4 is 9.47 Å². The molecule has 1 heterocycles. The lowest BCUT2D eigenvalue weighted by molar-refractivity contribution is -0.123. The molecule has 2 amide bonds. The van der Waals surface area contributed by atoms with E-state index in [9.17, 15) is 9.59 Å². The topological polar surface area (TPSA) is 55.8 Å². The average molecular weight is 476 g/mol. The van der Waals surface area contributed by atoms with Crippen LogP contribution in [0.25, 0.3) is 11.6 Å². The third-order valence-corrected chi connectivity index (χ3v) is 6.11. The standard InChI is InChI=1S/C31H25NO4/c1-35-25-15-13-23(14-16-25)20-32-30(33)28-10-6-5-9-27(28)29(31(32)34)19-22-11-17-26(18-12-22)36-21-24-7-3-2-4-8-24/h2-19H,20-21H2,1H3/b29-19+. The summed E-state index contributed by atoms with van der Waals surface area (Å²) in [4.78, 5) is 28.1. The second-order valence-corrected chi connectivity index (χ2v) is 8.49. The molecule has 178 valence electrons. The van der Waals surface area contributed by atoms with Crippen LogP contribution in [0.5, 0.6) is 11.5 Å². The summed E-state index contributed by atoms with van der Waals surface area (Å²) >= 11 is 0. The molecule has 5 nitrogen and oxygen atoms in total. The minimum Gasteiger partial charge on any atom is -0.497 e. The molecule has 0 fully saturated rings. The maximum atomic E-state index is 13.5. The van der Waals surface area contributed by atoms with Crippen LogP contribution >= 0.6 is 0 Å². The third kappa shape index (κ3) is 4.91. The van der Waals surface area contributed by atoms with Crippen LogP contribution in [0.2, 0.25) is 0 Å². The predicted molar refractivity (Wildman–Crippen MR) is 139 cm³/mol.